The Morgan fingerprint density at radius 2 is 1.90 bits per heavy atom. The van der Waals surface area contributed by atoms with Crippen LogP contribution in [0.25, 0.3) is 0 Å². The molecular formula is C24H26N4O3. The summed E-state index contributed by atoms with van der Waals surface area (Å²) in [6.45, 7) is 4.34. The summed E-state index contributed by atoms with van der Waals surface area (Å²) in [5.74, 6) is 0.750. The quantitative estimate of drug-likeness (QED) is 0.651. The monoisotopic (exact) mass is 418 g/mol. The summed E-state index contributed by atoms with van der Waals surface area (Å²) in [7, 11) is 0. The molecule has 2 aliphatic heterocycles. The van der Waals surface area contributed by atoms with Crippen LogP contribution >= 0.6 is 0 Å². The van der Waals surface area contributed by atoms with Gasteiger partial charge >= 0.3 is 5.69 Å². The van der Waals surface area contributed by atoms with Gasteiger partial charge < -0.3 is 9.64 Å². The molecule has 0 radical (unpaired) electrons. The third-order valence-corrected chi connectivity index (χ3v) is 6.24. The second-order valence-corrected chi connectivity index (χ2v) is 8.63. The number of likely N-dealkylation sites (tertiary alicyclic amines) is 1. The number of amides is 1. The molecule has 0 saturated carbocycles. The van der Waals surface area contributed by atoms with Gasteiger partial charge in [-0.15, -0.1) is 0 Å². The molecule has 7 heteroatoms. The number of nitrogens with zero attached hydrogens (tertiary/aromatic N) is 4. The van der Waals surface area contributed by atoms with E-state index in [0.29, 0.717) is 38.4 Å². The van der Waals surface area contributed by atoms with Crippen LogP contribution in [0.4, 0.5) is 0 Å². The van der Waals surface area contributed by atoms with Crippen molar-refractivity contribution in [3.63, 3.8) is 0 Å². The van der Waals surface area contributed by atoms with Crippen LogP contribution in [0.5, 0.6) is 0 Å². The molecular weight excluding hydrogens is 392 g/mol. The van der Waals surface area contributed by atoms with E-state index in [4.69, 9.17) is 4.74 Å². The zero-order valence-electron chi connectivity index (χ0n) is 17.7. The maximum absolute atomic E-state index is 13.0. The molecule has 31 heavy (non-hydrogen) atoms. The molecule has 0 aliphatic carbocycles. The van der Waals surface area contributed by atoms with E-state index in [0.717, 1.165) is 23.1 Å². The first-order valence-corrected chi connectivity index (χ1v) is 10.7. The van der Waals surface area contributed by atoms with Crippen LogP contribution in [0.15, 0.2) is 59.4 Å². The van der Waals surface area contributed by atoms with Crippen LogP contribution < -0.4 is 5.69 Å². The Hall–Kier alpha value is -3.19. The highest BCUT2D eigenvalue weighted by Gasteiger charge is 2.44. The van der Waals surface area contributed by atoms with Crippen molar-refractivity contribution in [2.45, 2.75) is 45.1 Å². The molecule has 2 aromatic carbocycles. The van der Waals surface area contributed by atoms with Crippen LogP contribution in [0.3, 0.4) is 0 Å². The van der Waals surface area contributed by atoms with Gasteiger partial charge in [0.2, 0.25) is 5.91 Å². The number of aryl methyl sites for hydroxylation is 1. The number of fused-ring (bicyclic) bond motifs is 1. The number of aromatic nitrogens is 3. The third-order valence-electron chi connectivity index (χ3n) is 6.24. The molecule has 3 heterocycles. The number of rotatable bonds is 4. The molecule has 1 atom stereocenters. The van der Waals surface area contributed by atoms with Crippen LogP contribution in [-0.2, 0) is 35.6 Å². The molecule has 1 amide bonds. The fourth-order valence-corrected chi connectivity index (χ4v) is 4.58. The molecule has 1 fully saturated rings. The Morgan fingerprint density at radius 3 is 2.71 bits per heavy atom. The molecule has 2 aliphatic rings. The van der Waals surface area contributed by atoms with E-state index in [9.17, 15) is 9.59 Å². The van der Waals surface area contributed by atoms with Crippen molar-refractivity contribution in [2.75, 3.05) is 13.1 Å². The lowest BCUT2D eigenvalue weighted by atomic mass is 10.0. The number of hydrogen-bond acceptors (Lipinski definition) is 4. The SMILES string of the molecule is Cc1cccc(CC(=O)N2CCC3(C2)Cn2c(nn(Cc4ccccc4)c2=O)CO3)c1. The Balaban J connectivity index is 1.29. The second-order valence-electron chi connectivity index (χ2n) is 8.63. The van der Waals surface area contributed by atoms with Gasteiger partial charge in [-0.3, -0.25) is 9.36 Å². The van der Waals surface area contributed by atoms with Crippen molar-refractivity contribution in [1.82, 2.24) is 19.2 Å². The van der Waals surface area contributed by atoms with Gasteiger partial charge in [-0.25, -0.2) is 9.48 Å². The first kappa shape index (κ1) is 19.8. The van der Waals surface area contributed by atoms with Gasteiger partial charge in [0.1, 0.15) is 12.2 Å². The predicted octanol–water partition coefficient (Wildman–Crippen LogP) is 2.15. The van der Waals surface area contributed by atoms with Gasteiger partial charge in [-0.2, -0.15) is 5.10 Å². The van der Waals surface area contributed by atoms with Gasteiger partial charge in [-0.1, -0.05) is 60.2 Å². The van der Waals surface area contributed by atoms with E-state index < -0.39 is 5.60 Å². The molecule has 1 unspecified atom stereocenters. The number of benzene rings is 2. The molecule has 160 valence electrons. The summed E-state index contributed by atoms with van der Waals surface area (Å²) in [5.41, 5.74) is 2.57. The smallest absolute Gasteiger partial charge is 0.346 e. The Labute approximate surface area is 180 Å². The lowest BCUT2D eigenvalue weighted by Crippen LogP contribution is -2.47. The van der Waals surface area contributed by atoms with E-state index in [1.807, 2.05) is 66.4 Å². The van der Waals surface area contributed by atoms with Gasteiger partial charge in [0.15, 0.2) is 5.82 Å². The van der Waals surface area contributed by atoms with E-state index >= 15 is 0 Å². The Bertz CT molecular complexity index is 1170. The van der Waals surface area contributed by atoms with Crippen molar-refractivity contribution >= 4 is 5.91 Å². The molecule has 7 nitrogen and oxygen atoms in total. The molecule has 1 spiro atoms. The summed E-state index contributed by atoms with van der Waals surface area (Å²) in [6, 6.07) is 17.9. The minimum Gasteiger partial charge on any atom is -0.363 e. The number of ether oxygens (including phenoxy) is 1. The summed E-state index contributed by atoms with van der Waals surface area (Å²) in [6.07, 6.45) is 1.11. The summed E-state index contributed by atoms with van der Waals surface area (Å²) < 4.78 is 9.42. The van der Waals surface area contributed by atoms with Crippen molar-refractivity contribution in [1.29, 1.82) is 0 Å². The zero-order chi connectivity index (χ0) is 21.4. The maximum atomic E-state index is 13.0. The molecule has 1 saturated heterocycles. The molecule has 3 aromatic rings. The van der Waals surface area contributed by atoms with Gasteiger partial charge in [0.25, 0.3) is 0 Å². The average molecular weight is 418 g/mol. The van der Waals surface area contributed by atoms with Crippen LogP contribution in [0.2, 0.25) is 0 Å². The van der Waals surface area contributed by atoms with Crippen molar-refractivity contribution in [3.8, 4) is 0 Å². The fraction of sp³-hybridized carbons (Fsp3) is 0.375. The van der Waals surface area contributed by atoms with Crippen molar-refractivity contribution < 1.29 is 9.53 Å². The largest absolute Gasteiger partial charge is 0.363 e. The van der Waals surface area contributed by atoms with Crippen molar-refractivity contribution in [2.24, 2.45) is 0 Å². The normalized spacial score (nSPS) is 20.2. The number of hydrogen-bond donors (Lipinski definition) is 0. The highest BCUT2D eigenvalue weighted by Crippen LogP contribution is 2.31. The van der Waals surface area contributed by atoms with Gasteiger partial charge in [0.05, 0.1) is 26.1 Å². The van der Waals surface area contributed by atoms with E-state index in [-0.39, 0.29) is 18.2 Å². The Morgan fingerprint density at radius 1 is 1.10 bits per heavy atom. The van der Waals surface area contributed by atoms with Crippen molar-refractivity contribution in [3.05, 3.63) is 87.6 Å². The lowest BCUT2D eigenvalue weighted by Gasteiger charge is -2.33. The average Bonchev–Trinajstić information content (AvgIpc) is 3.31. The second kappa shape index (κ2) is 7.81. The highest BCUT2D eigenvalue weighted by molar-refractivity contribution is 5.79. The summed E-state index contributed by atoms with van der Waals surface area (Å²) >= 11 is 0. The topological polar surface area (TPSA) is 69.4 Å². The van der Waals surface area contributed by atoms with Crippen LogP contribution in [0.1, 0.15) is 28.9 Å². The molecule has 1 aromatic heterocycles. The molecule has 5 rings (SSSR count). The zero-order valence-corrected chi connectivity index (χ0v) is 17.7. The summed E-state index contributed by atoms with van der Waals surface area (Å²) in [5, 5.41) is 4.48. The Kier molecular flexibility index (Phi) is 4.98. The first-order chi connectivity index (χ1) is 15.0. The number of carbonyl (C=O) groups excluding carboxylic acids is 1. The third kappa shape index (κ3) is 3.93. The standard InChI is InChI=1S/C24H26N4O3/c1-18-6-5-9-20(12-18)13-22(29)26-11-10-24(16-26)17-27-21(15-31-24)25-28(23(27)30)14-19-7-3-2-4-8-19/h2-9,12H,10-11,13-17H2,1H3. The van der Waals surface area contributed by atoms with E-state index in [1.165, 1.54) is 4.68 Å². The highest BCUT2D eigenvalue weighted by atomic mass is 16.5. The minimum atomic E-state index is -0.514. The molecule has 0 N–H and O–H groups in total. The van der Waals surface area contributed by atoms with Crippen LogP contribution in [0, 0.1) is 6.92 Å². The van der Waals surface area contributed by atoms with Gasteiger partial charge in [-0.05, 0) is 24.5 Å². The van der Waals surface area contributed by atoms with Gasteiger partial charge in [0, 0.05) is 6.54 Å². The first-order valence-electron chi connectivity index (χ1n) is 10.7. The predicted molar refractivity (Wildman–Crippen MR) is 116 cm³/mol. The number of carbonyl (C=O) groups is 1. The maximum Gasteiger partial charge on any atom is 0.346 e. The fourth-order valence-electron chi connectivity index (χ4n) is 4.58. The molecule has 0 bridgehead atoms. The summed E-state index contributed by atoms with van der Waals surface area (Å²) in [4.78, 5) is 27.7. The lowest BCUT2D eigenvalue weighted by molar-refractivity contribution is -0.132. The van der Waals surface area contributed by atoms with E-state index in [2.05, 4.69) is 5.10 Å². The minimum absolute atomic E-state index is 0.101. The van der Waals surface area contributed by atoms with Crippen LogP contribution in [-0.4, -0.2) is 43.8 Å². The van der Waals surface area contributed by atoms with E-state index in [1.54, 1.807) is 4.57 Å².